The summed E-state index contributed by atoms with van der Waals surface area (Å²) < 4.78 is 28.0. The van der Waals surface area contributed by atoms with E-state index in [2.05, 4.69) is 27.7 Å². The van der Waals surface area contributed by atoms with E-state index in [1.807, 2.05) is 18.2 Å². The van der Waals surface area contributed by atoms with Crippen LogP contribution in [-0.2, 0) is 23.0 Å². The third kappa shape index (κ3) is 6.98. The van der Waals surface area contributed by atoms with Gasteiger partial charge in [0, 0.05) is 28.6 Å². The van der Waals surface area contributed by atoms with Crippen LogP contribution in [0, 0.1) is 0 Å². The third-order valence-electron chi connectivity index (χ3n) is 5.77. The maximum atomic E-state index is 13.1. The van der Waals surface area contributed by atoms with Gasteiger partial charge < -0.3 is 5.32 Å². The third-order valence-corrected chi connectivity index (χ3v) is 9.48. The van der Waals surface area contributed by atoms with Gasteiger partial charge in [-0.3, -0.25) is 4.79 Å². The fourth-order valence-electron chi connectivity index (χ4n) is 3.78. The number of benzene rings is 2. The average molecular weight is 531 g/mol. The van der Waals surface area contributed by atoms with Crippen molar-refractivity contribution in [3.05, 3.63) is 87.8 Å². The standard InChI is InChI=1S/C25H27ClN4O3S2/c26-21-8-6-20(7-9-21)25(31)27-18-23-10-11-24(34-23)35(32,33)30-16-13-22(14-17-30)29-28-15-12-19-4-2-1-3-5-19/h1-11,22H,12-18H2,(H,27,31). The SMILES string of the molecule is O=C(NCc1ccc(S(=O)(=O)N2CCC(N=NCCc3ccccc3)CC2)s1)c1ccc(Cl)cc1. The molecular formula is C25H27ClN4O3S2. The number of sulfonamides is 1. The lowest BCUT2D eigenvalue weighted by Crippen LogP contribution is -2.39. The van der Waals surface area contributed by atoms with Crippen molar-refractivity contribution >= 4 is 38.9 Å². The first-order valence-corrected chi connectivity index (χ1v) is 14.1. The summed E-state index contributed by atoms with van der Waals surface area (Å²) in [7, 11) is -3.57. The van der Waals surface area contributed by atoms with E-state index in [0.29, 0.717) is 43.1 Å². The number of carbonyl (C=O) groups is 1. The van der Waals surface area contributed by atoms with Crippen molar-refractivity contribution in [2.45, 2.75) is 36.1 Å². The van der Waals surface area contributed by atoms with Gasteiger partial charge in [-0.1, -0.05) is 41.9 Å². The van der Waals surface area contributed by atoms with Crippen LogP contribution in [-0.4, -0.2) is 44.3 Å². The Labute approximate surface area is 214 Å². The minimum absolute atomic E-state index is 0.0548. The zero-order valence-electron chi connectivity index (χ0n) is 19.1. The summed E-state index contributed by atoms with van der Waals surface area (Å²) in [6.07, 6.45) is 2.16. The summed E-state index contributed by atoms with van der Waals surface area (Å²) in [4.78, 5) is 13.1. The Morgan fingerprint density at radius 2 is 1.74 bits per heavy atom. The molecule has 1 N–H and O–H groups in total. The summed E-state index contributed by atoms with van der Waals surface area (Å²) in [6.45, 7) is 1.73. The zero-order chi connectivity index (χ0) is 24.7. The van der Waals surface area contributed by atoms with Crippen LogP contribution in [0.5, 0.6) is 0 Å². The molecule has 10 heteroatoms. The van der Waals surface area contributed by atoms with Gasteiger partial charge in [-0.2, -0.15) is 14.5 Å². The van der Waals surface area contributed by atoms with Crippen molar-refractivity contribution in [1.29, 1.82) is 0 Å². The Hall–Kier alpha value is -2.59. The Morgan fingerprint density at radius 3 is 2.46 bits per heavy atom. The van der Waals surface area contributed by atoms with Crippen LogP contribution in [0.25, 0.3) is 0 Å². The molecule has 0 radical (unpaired) electrons. The number of azo groups is 1. The van der Waals surface area contributed by atoms with Crippen LogP contribution in [0.4, 0.5) is 0 Å². The van der Waals surface area contributed by atoms with Crippen LogP contribution in [0.2, 0.25) is 5.02 Å². The lowest BCUT2D eigenvalue weighted by Gasteiger charge is -2.28. The molecule has 2 aromatic carbocycles. The lowest BCUT2D eigenvalue weighted by atomic mass is 10.1. The highest BCUT2D eigenvalue weighted by Crippen LogP contribution is 2.28. The summed E-state index contributed by atoms with van der Waals surface area (Å²) in [5.41, 5.74) is 1.73. The number of nitrogens with one attached hydrogen (secondary N) is 1. The quantitative estimate of drug-likeness (QED) is 0.386. The molecule has 3 aromatic rings. The fraction of sp³-hybridized carbons (Fsp3) is 0.320. The molecule has 0 aliphatic carbocycles. The molecule has 35 heavy (non-hydrogen) atoms. The molecular weight excluding hydrogens is 504 g/mol. The van der Waals surface area contributed by atoms with E-state index < -0.39 is 10.0 Å². The molecule has 2 heterocycles. The largest absolute Gasteiger partial charge is 0.347 e. The minimum atomic E-state index is -3.57. The molecule has 0 unspecified atom stereocenters. The van der Waals surface area contributed by atoms with Crippen molar-refractivity contribution in [2.75, 3.05) is 19.6 Å². The van der Waals surface area contributed by atoms with E-state index in [4.69, 9.17) is 11.6 Å². The predicted octanol–water partition coefficient (Wildman–Crippen LogP) is 5.18. The number of piperidine rings is 1. The van der Waals surface area contributed by atoms with Gasteiger partial charge in [0.15, 0.2) is 0 Å². The van der Waals surface area contributed by atoms with E-state index in [-0.39, 0.29) is 22.7 Å². The number of thiophene rings is 1. The molecule has 7 nitrogen and oxygen atoms in total. The van der Waals surface area contributed by atoms with E-state index in [9.17, 15) is 13.2 Å². The van der Waals surface area contributed by atoms with Gasteiger partial charge in [0.25, 0.3) is 15.9 Å². The number of rotatable bonds is 9. The van der Waals surface area contributed by atoms with Crippen LogP contribution in [0.15, 0.2) is 81.2 Å². The van der Waals surface area contributed by atoms with E-state index >= 15 is 0 Å². The lowest BCUT2D eigenvalue weighted by molar-refractivity contribution is 0.0951. The summed E-state index contributed by atoms with van der Waals surface area (Å²) in [5, 5.41) is 12.1. The summed E-state index contributed by atoms with van der Waals surface area (Å²) in [5.74, 6) is -0.237. The van der Waals surface area contributed by atoms with Gasteiger partial charge in [-0.05, 0) is 61.2 Å². The Kier molecular flexibility index (Phi) is 8.67. The number of nitrogens with zero attached hydrogens (tertiary/aromatic N) is 3. The Balaban J connectivity index is 1.25. The van der Waals surface area contributed by atoms with Crippen molar-refractivity contribution in [2.24, 2.45) is 10.2 Å². The highest BCUT2D eigenvalue weighted by Gasteiger charge is 2.30. The molecule has 1 aliphatic heterocycles. The first-order valence-electron chi connectivity index (χ1n) is 11.4. The molecule has 4 rings (SSSR count). The van der Waals surface area contributed by atoms with Crippen LogP contribution >= 0.6 is 22.9 Å². The molecule has 1 fully saturated rings. The Morgan fingerprint density at radius 1 is 1.03 bits per heavy atom. The molecule has 1 aromatic heterocycles. The van der Waals surface area contributed by atoms with Crippen molar-refractivity contribution < 1.29 is 13.2 Å². The van der Waals surface area contributed by atoms with Crippen molar-refractivity contribution in [3.63, 3.8) is 0 Å². The highest BCUT2D eigenvalue weighted by molar-refractivity contribution is 7.91. The topological polar surface area (TPSA) is 91.2 Å². The molecule has 0 atom stereocenters. The van der Waals surface area contributed by atoms with E-state index in [1.54, 1.807) is 36.4 Å². The van der Waals surface area contributed by atoms with Gasteiger partial charge >= 0.3 is 0 Å². The fourth-order valence-corrected chi connectivity index (χ4v) is 6.83. The number of halogens is 1. The second-order valence-electron chi connectivity index (χ2n) is 8.26. The van der Waals surface area contributed by atoms with Crippen LogP contribution in [0.1, 0.15) is 33.6 Å². The number of carbonyl (C=O) groups excluding carboxylic acids is 1. The first kappa shape index (κ1) is 25.5. The van der Waals surface area contributed by atoms with Gasteiger partial charge in [0.05, 0.1) is 19.1 Å². The molecule has 0 bridgehead atoms. The van der Waals surface area contributed by atoms with Gasteiger partial charge in [0.2, 0.25) is 0 Å². The number of amides is 1. The van der Waals surface area contributed by atoms with Crippen molar-refractivity contribution in [3.8, 4) is 0 Å². The van der Waals surface area contributed by atoms with E-state index in [1.165, 1.54) is 21.2 Å². The van der Waals surface area contributed by atoms with E-state index in [0.717, 1.165) is 11.3 Å². The van der Waals surface area contributed by atoms with Gasteiger partial charge in [0.1, 0.15) is 4.21 Å². The summed E-state index contributed by atoms with van der Waals surface area (Å²) in [6, 6.07) is 20.2. The second kappa shape index (κ2) is 11.9. The van der Waals surface area contributed by atoms with Gasteiger partial charge in [-0.15, -0.1) is 11.3 Å². The highest BCUT2D eigenvalue weighted by atomic mass is 35.5. The first-order chi connectivity index (χ1) is 16.9. The zero-order valence-corrected chi connectivity index (χ0v) is 21.5. The second-order valence-corrected chi connectivity index (χ2v) is 12.0. The van der Waals surface area contributed by atoms with Crippen LogP contribution in [0.3, 0.4) is 0 Å². The molecule has 184 valence electrons. The smallest absolute Gasteiger partial charge is 0.252 e. The predicted molar refractivity (Wildman–Crippen MR) is 139 cm³/mol. The molecule has 1 amide bonds. The minimum Gasteiger partial charge on any atom is -0.347 e. The Bertz CT molecular complexity index is 1250. The number of hydrogen-bond acceptors (Lipinski definition) is 6. The maximum absolute atomic E-state index is 13.1. The van der Waals surface area contributed by atoms with Crippen LogP contribution < -0.4 is 5.32 Å². The maximum Gasteiger partial charge on any atom is 0.252 e. The normalized spacial score (nSPS) is 15.5. The summed E-state index contributed by atoms with van der Waals surface area (Å²) >= 11 is 7.04. The van der Waals surface area contributed by atoms with Gasteiger partial charge in [-0.25, -0.2) is 8.42 Å². The molecule has 1 saturated heterocycles. The monoisotopic (exact) mass is 530 g/mol. The number of hydrogen-bond donors (Lipinski definition) is 1. The van der Waals surface area contributed by atoms with Crippen molar-refractivity contribution in [1.82, 2.24) is 9.62 Å². The molecule has 1 aliphatic rings. The molecule has 0 saturated carbocycles. The molecule has 0 spiro atoms. The average Bonchev–Trinajstić information content (AvgIpc) is 3.37.